The maximum absolute atomic E-state index is 11.9. The van der Waals surface area contributed by atoms with Gasteiger partial charge in [-0.3, -0.25) is 0 Å². The van der Waals surface area contributed by atoms with E-state index in [9.17, 15) is 9.59 Å². The second-order valence-electron chi connectivity index (χ2n) is 4.63. The van der Waals surface area contributed by atoms with Gasteiger partial charge in [-0.05, 0) is 18.8 Å². The molecule has 19 heavy (non-hydrogen) atoms. The summed E-state index contributed by atoms with van der Waals surface area (Å²) in [6.07, 6.45) is 6.81. The minimum absolute atomic E-state index is 0.0127. The first-order valence-corrected chi connectivity index (χ1v) is 6.29. The minimum Gasteiger partial charge on any atom is -0.480 e. The van der Waals surface area contributed by atoms with Gasteiger partial charge in [-0.25, -0.2) is 9.59 Å². The fraction of sp³-hybridized carbons (Fsp3) is 0.692. The maximum atomic E-state index is 11.9. The van der Waals surface area contributed by atoms with Crippen molar-refractivity contribution in [2.24, 2.45) is 5.92 Å². The van der Waals surface area contributed by atoms with Crippen LogP contribution < -0.4 is 5.32 Å². The van der Waals surface area contributed by atoms with Crippen LogP contribution >= 0.6 is 0 Å². The van der Waals surface area contributed by atoms with E-state index in [1.807, 2.05) is 0 Å². The number of likely N-dealkylation sites (tertiary alicyclic amines) is 1. The number of carbonyl (C=O) groups excluding carboxylic acids is 1. The van der Waals surface area contributed by atoms with E-state index < -0.39 is 12.0 Å². The third kappa shape index (κ3) is 4.79. The quantitative estimate of drug-likeness (QED) is 0.713. The number of amides is 2. The SMILES string of the molecule is C#CCC(NC(=O)N1CCC(COC)CC1)C(=O)O. The summed E-state index contributed by atoms with van der Waals surface area (Å²) in [5.41, 5.74) is 0. The molecule has 1 unspecified atom stereocenters. The molecule has 106 valence electrons. The molecule has 6 heteroatoms. The number of urea groups is 1. The second-order valence-corrected chi connectivity index (χ2v) is 4.63. The van der Waals surface area contributed by atoms with Crippen LogP contribution in [-0.4, -0.2) is 54.9 Å². The highest BCUT2D eigenvalue weighted by atomic mass is 16.5. The van der Waals surface area contributed by atoms with Gasteiger partial charge >= 0.3 is 12.0 Å². The van der Waals surface area contributed by atoms with Crippen molar-refractivity contribution in [1.29, 1.82) is 0 Å². The lowest BCUT2D eigenvalue weighted by molar-refractivity contribution is -0.139. The van der Waals surface area contributed by atoms with Crippen LogP contribution in [0.1, 0.15) is 19.3 Å². The average Bonchev–Trinajstić information content (AvgIpc) is 2.39. The highest BCUT2D eigenvalue weighted by molar-refractivity contribution is 5.82. The van der Waals surface area contributed by atoms with E-state index in [-0.39, 0.29) is 12.5 Å². The molecule has 0 spiro atoms. The molecule has 1 rings (SSSR count). The van der Waals surface area contributed by atoms with E-state index in [0.717, 1.165) is 12.8 Å². The van der Waals surface area contributed by atoms with Crippen molar-refractivity contribution in [3.05, 3.63) is 0 Å². The topological polar surface area (TPSA) is 78.9 Å². The average molecular weight is 268 g/mol. The molecule has 1 heterocycles. The van der Waals surface area contributed by atoms with Gasteiger partial charge < -0.3 is 20.1 Å². The molecule has 1 aliphatic rings. The molecule has 1 atom stereocenters. The largest absolute Gasteiger partial charge is 0.480 e. The predicted molar refractivity (Wildman–Crippen MR) is 69.6 cm³/mol. The van der Waals surface area contributed by atoms with Crippen LogP contribution in [0.2, 0.25) is 0 Å². The molecule has 0 radical (unpaired) electrons. The summed E-state index contributed by atoms with van der Waals surface area (Å²) < 4.78 is 5.09. The summed E-state index contributed by atoms with van der Waals surface area (Å²) in [5, 5.41) is 11.4. The van der Waals surface area contributed by atoms with Crippen LogP contribution in [0, 0.1) is 18.3 Å². The third-order valence-electron chi connectivity index (χ3n) is 3.22. The summed E-state index contributed by atoms with van der Waals surface area (Å²) in [6.45, 7) is 1.93. The highest BCUT2D eigenvalue weighted by Gasteiger charge is 2.26. The lowest BCUT2D eigenvalue weighted by atomic mass is 9.98. The molecule has 0 bridgehead atoms. The van der Waals surface area contributed by atoms with Gasteiger partial charge in [0, 0.05) is 33.2 Å². The van der Waals surface area contributed by atoms with E-state index in [2.05, 4.69) is 11.2 Å². The normalized spacial score (nSPS) is 17.6. The molecule has 6 nitrogen and oxygen atoms in total. The zero-order valence-electron chi connectivity index (χ0n) is 11.1. The molecule has 2 N–H and O–H groups in total. The fourth-order valence-corrected chi connectivity index (χ4v) is 2.10. The molecule has 1 saturated heterocycles. The van der Waals surface area contributed by atoms with Crippen LogP contribution in [0.3, 0.4) is 0 Å². The first kappa shape index (κ1) is 15.3. The number of piperidine rings is 1. The Morgan fingerprint density at radius 1 is 1.53 bits per heavy atom. The number of terminal acetylenes is 1. The summed E-state index contributed by atoms with van der Waals surface area (Å²) in [6, 6.07) is -1.38. The van der Waals surface area contributed by atoms with Gasteiger partial charge in [-0.2, -0.15) is 0 Å². The fourth-order valence-electron chi connectivity index (χ4n) is 2.10. The smallest absolute Gasteiger partial charge is 0.327 e. The van der Waals surface area contributed by atoms with Gasteiger partial charge in [0.05, 0.1) is 0 Å². The number of carboxylic acid groups (broad SMARTS) is 1. The van der Waals surface area contributed by atoms with E-state index in [1.54, 1.807) is 12.0 Å². The summed E-state index contributed by atoms with van der Waals surface area (Å²) in [5.74, 6) is 1.61. The Balaban J connectivity index is 2.42. The van der Waals surface area contributed by atoms with Gasteiger partial charge in [-0.15, -0.1) is 12.3 Å². The maximum Gasteiger partial charge on any atom is 0.327 e. The van der Waals surface area contributed by atoms with Gasteiger partial charge in [0.15, 0.2) is 0 Å². The first-order valence-electron chi connectivity index (χ1n) is 6.29. The lowest BCUT2D eigenvalue weighted by Gasteiger charge is -2.32. The van der Waals surface area contributed by atoms with Crippen molar-refractivity contribution < 1.29 is 19.4 Å². The highest BCUT2D eigenvalue weighted by Crippen LogP contribution is 2.17. The molecule has 0 aromatic rings. The molecular formula is C13H20N2O4. The van der Waals surface area contributed by atoms with Crippen molar-refractivity contribution in [3.63, 3.8) is 0 Å². The van der Waals surface area contributed by atoms with Gasteiger partial charge in [0.25, 0.3) is 0 Å². The van der Waals surface area contributed by atoms with Crippen molar-refractivity contribution in [1.82, 2.24) is 10.2 Å². The molecule has 0 aromatic carbocycles. The number of nitrogens with one attached hydrogen (secondary N) is 1. The molecule has 1 fully saturated rings. The van der Waals surface area contributed by atoms with Crippen molar-refractivity contribution in [2.45, 2.75) is 25.3 Å². The Morgan fingerprint density at radius 3 is 2.63 bits per heavy atom. The second kappa shape index (κ2) is 7.64. The van der Waals surface area contributed by atoms with Crippen molar-refractivity contribution in [3.8, 4) is 12.3 Å². The number of hydrogen-bond acceptors (Lipinski definition) is 3. The summed E-state index contributed by atoms with van der Waals surface area (Å²) in [7, 11) is 1.66. The molecule has 0 aromatic heterocycles. The number of hydrogen-bond donors (Lipinski definition) is 2. The van der Waals surface area contributed by atoms with E-state index in [1.165, 1.54) is 0 Å². The van der Waals surface area contributed by atoms with Gasteiger partial charge in [0.1, 0.15) is 6.04 Å². The zero-order chi connectivity index (χ0) is 14.3. The van der Waals surface area contributed by atoms with Gasteiger partial charge in [-0.1, -0.05) is 0 Å². The number of rotatable bonds is 5. The number of nitrogens with zero attached hydrogens (tertiary/aromatic N) is 1. The third-order valence-corrected chi connectivity index (χ3v) is 3.22. The Hall–Kier alpha value is -1.74. The monoisotopic (exact) mass is 268 g/mol. The molecular weight excluding hydrogens is 248 g/mol. The number of methoxy groups -OCH3 is 1. The van der Waals surface area contributed by atoms with Crippen LogP contribution in [0.5, 0.6) is 0 Å². The molecule has 0 saturated carbocycles. The van der Waals surface area contributed by atoms with Crippen LogP contribution in [-0.2, 0) is 9.53 Å². The Morgan fingerprint density at radius 2 is 2.16 bits per heavy atom. The first-order chi connectivity index (χ1) is 9.08. The summed E-state index contributed by atoms with van der Waals surface area (Å²) in [4.78, 5) is 24.4. The van der Waals surface area contributed by atoms with E-state index >= 15 is 0 Å². The standard InChI is InChI=1S/C13H20N2O4/c1-3-4-11(12(16)17)14-13(18)15-7-5-10(6-8-15)9-19-2/h1,10-11H,4-9H2,2H3,(H,14,18)(H,16,17). The van der Waals surface area contributed by atoms with E-state index in [4.69, 9.17) is 16.3 Å². The number of carboxylic acids is 1. The Bertz CT molecular complexity index is 356. The molecule has 2 amide bonds. The molecule has 1 aliphatic heterocycles. The predicted octanol–water partition coefficient (Wildman–Crippen LogP) is 0.531. The van der Waals surface area contributed by atoms with Gasteiger partial charge in [0.2, 0.25) is 0 Å². The number of carbonyl (C=O) groups is 2. The number of ether oxygens (including phenoxy) is 1. The minimum atomic E-state index is -1.11. The zero-order valence-corrected chi connectivity index (χ0v) is 11.1. The Kier molecular flexibility index (Phi) is 6.16. The molecule has 0 aliphatic carbocycles. The van der Waals surface area contributed by atoms with Crippen molar-refractivity contribution >= 4 is 12.0 Å². The lowest BCUT2D eigenvalue weighted by Crippen LogP contribution is -2.50. The van der Waals surface area contributed by atoms with Crippen LogP contribution in [0.25, 0.3) is 0 Å². The van der Waals surface area contributed by atoms with Crippen LogP contribution in [0.4, 0.5) is 4.79 Å². The van der Waals surface area contributed by atoms with Crippen LogP contribution in [0.15, 0.2) is 0 Å². The van der Waals surface area contributed by atoms with Crippen molar-refractivity contribution in [2.75, 3.05) is 26.8 Å². The summed E-state index contributed by atoms with van der Waals surface area (Å²) >= 11 is 0. The Labute approximate surface area is 113 Å². The number of aliphatic carboxylic acids is 1. The van der Waals surface area contributed by atoms with E-state index in [0.29, 0.717) is 25.6 Å².